The van der Waals surface area contributed by atoms with E-state index in [-0.39, 0.29) is 17.7 Å². The molecule has 0 aromatic heterocycles. The van der Waals surface area contributed by atoms with Gasteiger partial charge in [-0.15, -0.1) is 0 Å². The van der Waals surface area contributed by atoms with E-state index in [4.69, 9.17) is 4.74 Å². The highest BCUT2D eigenvalue weighted by molar-refractivity contribution is 5.96. The molecule has 5 heteroatoms. The number of likely N-dealkylation sites (tertiary alicyclic amines) is 1. The molecule has 2 aromatic carbocycles. The smallest absolute Gasteiger partial charge is 0.254 e. The van der Waals surface area contributed by atoms with Gasteiger partial charge in [-0.2, -0.15) is 0 Å². The van der Waals surface area contributed by atoms with Gasteiger partial charge < -0.3 is 15.0 Å². The Balaban J connectivity index is 1.34. The topological polar surface area (TPSA) is 58.6 Å². The third kappa shape index (κ3) is 5.02. The molecule has 2 fully saturated rings. The third-order valence-electron chi connectivity index (χ3n) is 5.91. The molecule has 4 rings (SSSR count). The molecule has 1 aliphatic carbocycles. The molecular weight excluding hydrogens is 376 g/mol. The Hall–Kier alpha value is -2.82. The first-order valence-electron chi connectivity index (χ1n) is 10.9. The van der Waals surface area contributed by atoms with Gasteiger partial charge in [-0.05, 0) is 69.4 Å². The lowest BCUT2D eigenvalue weighted by molar-refractivity contribution is 0.0632. The van der Waals surface area contributed by atoms with Gasteiger partial charge in [0.2, 0.25) is 0 Å². The van der Waals surface area contributed by atoms with Crippen LogP contribution in [0.4, 0.5) is 0 Å². The van der Waals surface area contributed by atoms with Crippen molar-refractivity contribution < 1.29 is 14.3 Å². The fraction of sp³-hybridized carbons (Fsp3) is 0.440. The normalized spacial score (nSPS) is 18.7. The molecule has 158 valence electrons. The number of rotatable bonds is 6. The van der Waals surface area contributed by atoms with E-state index in [1.165, 1.54) is 5.56 Å². The zero-order chi connectivity index (χ0) is 21.1. The molecule has 30 heavy (non-hydrogen) atoms. The number of ether oxygens (including phenoxy) is 1. The van der Waals surface area contributed by atoms with E-state index >= 15 is 0 Å². The Kier molecular flexibility index (Phi) is 6.07. The van der Waals surface area contributed by atoms with Crippen molar-refractivity contribution >= 4 is 11.8 Å². The summed E-state index contributed by atoms with van der Waals surface area (Å²) < 4.78 is 6.01. The summed E-state index contributed by atoms with van der Waals surface area (Å²) in [6.45, 7) is 6.08. The summed E-state index contributed by atoms with van der Waals surface area (Å²) in [5.74, 6) is 1.07. The number of hydrogen-bond acceptors (Lipinski definition) is 3. The van der Waals surface area contributed by atoms with Crippen molar-refractivity contribution in [2.75, 3.05) is 19.7 Å². The van der Waals surface area contributed by atoms with Crippen LogP contribution in [0.15, 0.2) is 42.5 Å². The molecule has 2 aromatic rings. The molecule has 0 radical (unpaired) electrons. The molecule has 1 heterocycles. The Morgan fingerprint density at radius 3 is 2.70 bits per heavy atom. The second-order valence-electron chi connectivity index (χ2n) is 8.66. The van der Waals surface area contributed by atoms with Crippen LogP contribution < -0.4 is 10.1 Å². The Bertz CT molecular complexity index is 936. The summed E-state index contributed by atoms with van der Waals surface area (Å²) in [7, 11) is 0. The largest absolute Gasteiger partial charge is 0.493 e. The number of carbonyl (C=O) groups excluding carboxylic acids is 2. The van der Waals surface area contributed by atoms with Crippen LogP contribution in [0.25, 0.3) is 0 Å². The summed E-state index contributed by atoms with van der Waals surface area (Å²) in [5, 5.41) is 3.01. The van der Waals surface area contributed by atoms with E-state index in [1.54, 1.807) is 6.07 Å². The van der Waals surface area contributed by atoms with Gasteiger partial charge in [-0.1, -0.05) is 23.8 Å². The predicted octanol–water partition coefficient (Wildman–Crippen LogP) is 4.13. The summed E-state index contributed by atoms with van der Waals surface area (Å²) in [6.07, 6.45) is 4.16. The first kappa shape index (κ1) is 20.5. The Morgan fingerprint density at radius 1 is 1.10 bits per heavy atom. The van der Waals surface area contributed by atoms with E-state index < -0.39 is 0 Å². The lowest BCUT2D eigenvalue weighted by atomic mass is 9.97. The van der Waals surface area contributed by atoms with E-state index in [0.29, 0.717) is 30.5 Å². The van der Waals surface area contributed by atoms with Crippen molar-refractivity contribution in [1.82, 2.24) is 10.2 Å². The average molecular weight is 407 g/mol. The number of piperidine rings is 1. The highest BCUT2D eigenvalue weighted by atomic mass is 16.5. The number of amides is 2. The van der Waals surface area contributed by atoms with E-state index in [1.807, 2.05) is 49.1 Å². The number of nitrogens with zero attached hydrogens (tertiary/aromatic N) is 1. The number of hydrogen-bond donors (Lipinski definition) is 1. The van der Waals surface area contributed by atoms with E-state index in [2.05, 4.69) is 11.4 Å². The number of nitrogens with one attached hydrogen (secondary N) is 1. The van der Waals surface area contributed by atoms with Crippen molar-refractivity contribution in [3.8, 4) is 5.75 Å². The maximum atomic E-state index is 13.0. The first-order valence-corrected chi connectivity index (χ1v) is 10.9. The van der Waals surface area contributed by atoms with Crippen LogP contribution in [0.5, 0.6) is 5.75 Å². The SMILES string of the molecule is Cc1ccc(C(=O)N2CCC[C@H](COc3cccc(C(=O)NC4CC4)c3)C2)c(C)c1. The maximum absolute atomic E-state index is 13.0. The van der Waals surface area contributed by atoms with Crippen LogP contribution >= 0.6 is 0 Å². The average Bonchev–Trinajstić information content (AvgIpc) is 3.56. The highest BCUT2D eigenvalue weighted by Crippen LogP contribution is 2.23. The van der Waals surface area contributed by atoms with Crippen LogP contribution in [0, 0.1) is 19.8 Å². The molecule has 0 spiro atoms. The molecule has 0 bridgehead atoms. The van der Waals surface area contributed by atoms with Gasteiger partial charge in [0.25, 0.3) is 11.8 Å². The Labute approximate surface area is 178 Å². The van der Waals surface area contributed by atoms with Gasteiger partial charge >= 0.3 is 0 Å². The molecule has 2 aliphatic rings. The van der Waals surface area contributed by atoms with Gasteiger partial charge in [0, 0.05) is 36.2 Å². The third-order valence-corrected chi connectivity index (χ3v) is 5.91. The molecule has 1 aliphatic heterocycles. The second-order valence-corrected chi connectivity index (χ2v) is 8.66. The summed E-state index contributed by atoms with van der Waals surface area (Å²) in [6, 6.07) is 13.7. The second kappa shape index (κ2) is 8.90. The van der Waals surface area contributed by atoms with Crippen LogP contribution in [-0.4, -0.2) is 42.5 Å². The van der Waals surface area contributed by atoms with E-state index in [9.17, 15) is 9.59 Å². The molecule has 0 unspecified atom stereocenters. The van der Waals surface area contributed by atoms with Gasteiger partial charge in [0.1, 0.15) is 5.75 Å². The van der Waals surface area contributed by atoms with Crippen LogP contribution in [0.3, 0.4) is 0 Å². The van der Waals surface area contributed by atoms with Gasteiger partial charge in [0.05, 0.1) is 6.61 Å². The Morgan fingerprint density at radius 2 is 1.93 bits per heavy atom. The fourth-order valence-electron chi connectivity index (χ4n) is 4.05. The number of carbonyl (C=O) groups is 2. The summed E-state index contributed by atoms with van der Waals surface area (Å²) in [4.78, 5) is 27.2. The van der Waals surface area contributed by atoms with Crippen molar-refractivity contribution in [2.45, 2.75) is 45.6 Å². The minimum absolute atomic E-state index is 0.0362. The highest BCUT2D eigenvalue weighted by Gasteiger charge is 2.26. The van der Waals surface area contributed by atoms with Crippen LogP contribution in [0.2, 0.25) is 0 Å². The lowest BCUT2D eigenvalue weighted by Crippen LogP contribution is -2.41. The molecule has 1 saturated heterocycles. The molecular formula is C25H30N2O3. The van der Waals surface area contributed by atoms with Crippen molar-refractivity contribution in [3.63, 3.8) is 0 Å². The van der Waals surface area contributed by atoms with Crippen molar-refractivity contribution in [1.29, 1.82) is 0 Å². The van der Waals surface area contributed by atoms with Crippen molar-refractivity contribution in [3.05, 3.63) is 64.7 Å². The number of aryl methyl sites for hydroxylation is 2. The maximum Gasteiger partial charge on any atom is 0.254 e. The summed E-state index contributed by atoms with van der Waals surface area (Å²) >= 11 is 0. The minimum atomic E-state index is -0.0362. The first-order chi connectivity index (χ1) is 14.5. The minimum Gasteiger partial charge on any atom is -0.493 e. The quantitative estimate of drug-likeness (QED) is 0.785. The standard InChI is InChI=1S/C25H30N2O3/c1-17-8-11-23(18(2)13-17)25(29)27-12-4-5-19(15-27)16-30-22-7-3-6-20(14-22)24(28)26-21-9-10-21/h3,6-8,11,13-14,19,21H,4-5,9-10,12,15-16H2,1-2H3,(H,26,28)/t19-/m0/s1. The van der Waals surface area contributed by atoms with Crippen LogP contribution in [0.1, 0.15) is 57.5 Å². The van der Waals surface area contributed by atoms with Gasteiger partial charge in [0.15, 0.2) is 0 Å². The zero-order valence-corrected chi connectivity index (χ0v) is 17.8. The fourth-order valence-corrected chi connectivity index (χ4v) is 4.05. The van der Waals surface area contributed by atoms with E-state index in [0.717, 1.165) is 43.4 Å². The molecule has 5 nitrogen and oxygen atoms in total. The van der Waals surface area contributed by atoms with Crippen LogP contribution in [-0.2, 0) is 0 Å². The lowest BCUT2D eigenvalue weighted by Gasteiger charge is -2.33. The molecule has 1 saturated carbocycles. The summed E-state index contributed by atoms with van der Waals surface area (Å²) in [5.41, 5.74) is 3.62. The van der Waals surface area contributed by atoms with Gasteiger partial charge in [-0.25, -0.2) is 0 Å². The predicted molar refractivity (Wildman–Crippen MR) is 117 cm³/mol. The van der Waals surface area contributed by atoms with Gasteiger partial charge in [-0.3, -0.25) is 9.59 Å². The number of benzene rings is 2. The molecule has 1 N–H and O–H groups in total. The molecule has 2 amide bonds. The monoisotopic (exact) mass is 406 g/mol. The molecule has 1 atom stereocenters. The zero-order valence-electron chi connectivity index (χ0n) is 17.8. The van der Waals surface area contributed by atoms with Crippen molar-refractivity contribution in [2.24, 2.45) is 5.92 Å².